The van der Waals surface area contributed by atoms with Crippen LogP contribution in [0.5, 0.6) is 5.75 Å². The summed E-state index contributed by atoms with van der Waals surface area (Å²) in [5.74, 6) is 0.966. The van der Waals surface area contributed by atoms with Crippen LogP contribution in [-0.4, -0.2) is 40.6 Å². The summed E-state index contributed by atoms with van der Waals surface area (Å²) in [5.41, 5.74) is 2.86. The molecule has 0 radical (unpaired) electrons. The Bertz CT molecular complexity index is 422. The highest BCUT2D eigenvalue weighted by molar-refractivity contribution is 5.39. The first kappa shape index (κ1) is 16.3. The van der Waals surface area contributed by atoms with E-state index in [9.17, 15) is 0 Å². The van der Waals surface area contributed by atoms with Gasteiger partial charge >= 0.3 is 0 Å². The predicted octanol–water partition coefficient (Wildman–Crippen LogP) is 2.72. The minimum absolute atomic E-state index is 0.467. The van der Waals surface area contributed by atoms with Crippen molar-refractivity contribution in [1.29, 1.82) is 0 Å². The first-order valence-electron chi connectivity index (χ1n) is 7.84. The summed E-state index contributed by atoms with van der Waals surface area (Å²) >= 11 is 0. The number of methoxy groups -OCH3 is 1. The summed E-state index contributed by atoms with van der Waals surface area (Å²) in [6.45, 7) is 2.71. The van der Waals surface area contributed by atoms with E-state index >= 15 is 0 Å². The van der Waals surface area contributed by atoms with Crippen molar-refractivity contribution in [3.63, 3.8) is 0 Å². The van der Waals surface area contributed by atoms with Crippen molar-refractivity contribution in [3.05, 3.63) is 29.3 Å². The van der Waals surface area contributed by atoms with Gasteiger partial charge in [-0.1, -0.05) is 6.07 Å². The number of hydrogen-bond acceptors (Lipinski definition) is 4. The topological polar surface area (TPSA) is 39.7 Å². The van der Waals surface area contributed by atoms with Gasteiger partial charge in [-0.3, -0.25) is 0 Å². The lowest BCUT2D eigenvalue weighted by molar-refractivity contribution is 0.0644. The first-order chi connectivity index (χ1) is 10.3. The van der Waals surface area contributed by atoms with Gasteiger partial charge in [0.05, 0.1) is 19.8 Å². The van der Waals surface area contributed by atoms with Crippen LogP contribution < -0.4 is 10.1 Å². The molecule has 4 nitrogen and oxygen atoms in total. The number of fused-ring (bicyclic) bond motifs is 1. The molecule has 0 aliphatic heterocycles. The summed E-state index contributed by atoms with van der Waals surface area (Å²) in [7, 11) is 3.71. The third-order valence-electron chi connectivity index (χ3n) is 3.91. The van der Waals surface area contributed by atoms with Crippen molar-refractivity contribution < 1.29 is 14.2 Å². The van der Waals surface area contributed by atoms with Crippen LogP contribution in [0.2, 0.25) is 0 Å². The molecular formula is C17H27NO3. The number of aryl methyl sites for hydroxylation is 1. The molecule has 21 heavy (non-hydrogen) atoms. The van der Waals surface area contributed by atoms with E-state index < -0.39 is 0 Å². The molecule has 0 bridgehead atoms. The monoisotopic (exact) mass is 293 g/mol. The average Bonchev–Trinajstić information content (AvgIpc) is 2.53. The molecule has 0 amide bonds. The van der Waals surface area contributed by atoms with Crippen molar-refractivity contribution in [3.8, 4) is 5.75 Å². The van der Waals surface area contributed by atoms with Crippen LogP contribution >= 0.6 is 0 Å². The Kier molecular flexibility index (Phi) is 7.00. The molecule has 0 spiro atoms. The van der Waals surface area contributed by atoms with E-state index in [0.29, 0.717) is 32.5 Å². The van der Waals surface area contributed by atoms with Crippen LogP contribution in [0.4, 0.5) is 0 Å². The number of ether oxygens (including phenoxy) is 3. The lowest BCUT2D eigenvalue weighted by atomic mass is 9.87. The number of rotatable bonds is 9. The fourth-order valence-electron chi connectivity index (χ4n) is 2.76. The van der Waals surface area contributed by atoms with E-state index in [1.807, 2.05) is 7.05 Å². The van der Waals surface area contributed by atoms with Crippen molar-refractivity contribution in [2.45, 2.75) is 31.7 Å². The van der Waals surface area contributed by atoms with Crippen LogP contribution in [0.1, 0.15) is 36.4 Å². The van der Waals surface area contributed by atoms with Gasteiger partial charge < -0.3 is 19.5 Å². The maximum absolute atomic E-state index is 5.83. The molecule has 0 fully saturated rings. The Morgan fingerprint density at radius 3 is 2.90 bits per heavy atom. The molecule has 0 heterocycles. The fourth-order valence-corrected chi connectivity index (χ4v) is 2.76. The number of hydrogen-bond donors (Lipinski definition) is 1. The SMILES string of the molecule is CNC1CCCc2ccc(OCCCOCCOC)cc21. The zero-order chi connectivity index (χ0) is 14.9. The maximum atomic E-state index is 5.83. The van der Waals surface area contributed by atoms with Crippen LogP contribution in [0.25, 0.3) is 0 Å². The van der Waals surface area contributed by atoms with E-state index in [4.69, 9.17) is 14.2 Å². The molecule has 1 N–H and O–H groups in total. The molecule has 0 saturated heterocycles. The highest BCUT2D eigenvalue weighted by atomic mass is 16.5. The normalized spacial score (nSPS) is 17.5. The molecule has 1 unspecified atom stereocenters. The molecule has 1 aromatic rings. The van der Waals surface area contributed by atoms with Crippen LogP contribution in [0.3, 0.4) is 0 Å². The van der Waals surface area contributed by atoms with Gasteiger partial charge in [0.1, 0.15) is 5.75 Å². The van der Waals surface area contributed by atoms with E-state index in [0.717, 1.165) is 12.2 Å². The van der Waals surface area contributed by atoms with E-state index in [-0.39, 0.29) is 0 Å². The Morgan fingerprint density at radius 2 is 2.10 bits per heavy atom. The summed E-state index contributed by atoms with van der Waals surface area (Å²) in [5, 5.41) is 3.40. The zero-order valence-corrected chi connectivity index (χ0v) is 13.2. The van der Waals surface area contributed by atoms with Gasteiger partial charge in [-0.25, -0.2) is 0 Å². The largest absolute Gasteiger partial charge is 0.493 e. The quantitative estimate of drug-likeness (QED) is 0.711. The smallest absolute Gasteiger partial charge is 0.119 e. The van der Waals surface area contributed by atoms with Crippen molar-refractivity contribution in [2.75, 3.05) is 40.6 Å². The summed E-state index contributed by atoms with van der Waals surface area (Å²) in [6.07, 6.45) is 4.55. The fraction of sp³-hybridized carbons (Fsp3) is 0.647. The van der Waals surface area contributed by atoms with E-state index in [1.165, 1.54) is 30.4 Å². The molecule has 1 atom stereocenters. The molecule has 4 heteroatoms. The highest BCUT2D eigenvalue weighted by Crippen LogP contribution is 2.32. The maximum Gasteiger partial charge on any atom is 0.119 e. The Hall–Kier alpha value is -1.10. The molecular weight excluding hydrogens is 266 g/mol. The van der Waals surface area contributed by atoms with Crippen LogP contribution in [0, 0.1) is 0 Å². The molecule has 1 aromatic carbocycles. The highest BCUT2D eigenvalue weighted by Gasteiger charge is 2.19. The van der Waals surface area contributed by atoms with Gasteiger partial charge in [0.25, 0.3) is 0 Å². The van der Waals surface area contributed by atoms with Gasteiger partial charge in [0, 0.05) is 26.2 Å². The molecule has 0 aromatic heterocycles. The lowest BCUT2D eigenvalue weighted by Gasteiger charge is -2.25. The van der Waals surface area contributed by atoms with Crippen LogP contribution in [0.15, 0.2) is 18.2 Å². The second kappa shape index (κ2) is 9.03. The summed E-state index contributed by atoms with van der Waals surface area (Å²) in [4.78, 5) is 0. The summed E-state index contributed by atoms with van der Waals surface area (Å²) < 4.78 is 16.2. The third-order valence-corrected chi connectivity index (χ3v) is 3.91. The molecule has 2 rings (SSSR count). The second-order valence-electron chi connectivity index (χ2n) is 5.40. The first-order valence-corrected chi connectivity index (χ1v) is 7.84. The molecule has 118 valence electrons. The van der Waals surface area contributed by atoms with E-state index in [2.05, 4.69) is 23.5 Å². The van der Waals surface area contributed by atoms with Gasteiger partial charge in [0.2, 0.25) is 0 Å². The summed E-state index contributed by atoms with van der Waals surface area (Å²) in [6, 6.07) is 6.96. The Balaban J connectivity index is 1.76. The van der Waals surface area contributed by atoms with Crippen molar-refractivity contribution in [1.82, 2.24) is 5.32 Å². The molecule has 0 saturated carbocycles. The van der Waals surface area contributed by atoms with Gasteiger partial charge in [-0.05, 0) is 49.6 Å². The third kappa shape index (κ3) is 4.99. The van der Waals surface area contributed by atoms with Gasteiger partial charge in [-0.15, -0.1) is 0 Å². The number of nitrogens with one attached hydrogen (secondary N) is 1. The van der Waals surface area contributed by atoms with Crippen LogP contribution in [-0.2, 0) is 15.9 Å². The minimum atomic E-state index is 0.467. The second-order valence-corrected chi connectivity index (χ2v) is 5.40. The Morgan fingerprint density at radius 1 is 1.19 bits per heavy atom. The van der Waals surface area contributed by atoms with Gasteiger partial charge in [-0.2, -0.15) is 0 Å². The van der Waals surface area contributed by atoms with Crippen molar-refractivity contribution >= 4 is 0 Å². The lowest BCUT2D eigenvalue weighted by Crippen LogP contribution is -2.21. The van der Waals surface area contributed by atoms with E-state index in [1.54, 1.807) is 7.11 Å². The average molecular weight is 293 g/mol. The molecule has 1 aliphatic carbocycles. The minimum Gasteiger partial charge on any atom is -0.493 e. The van der Waals surface area contributed by atoms with Gasteiger partial charge in [0.15, 0.2) is 0 Å². The molecule has 1 aliphatic rings. The Labute approximate surface area is 127 Å². The zero-order valence-electron chi connectivity index (χ0n) is 13.2. The van der Waals surface area contributed by atoms with Crippen molar-refractivity contribution in [2.24, 2.45) is 0 Å². The predicted molar refractivity (Wildman–Crippen MR) is 84.0 cm³/mol. The number of benzene rings is 1. The standard InChI is InChI=1S/C17H27NO3/c1-18-17-6-3-5-14-7-8-15(13-16(14)17)21-10-4-9-20-12-11-19-2/h7-8,13,17-18H,3-6,9-12H2,1-2H3.